The fraction of sp³-hybridized carbons (Fsp3) is 0.333. The molecule has 2 aromatic rings. The number of hydrogen-bond donors (Lipinski definition) is 2. The molecule has 2 rings (SSSR count). The molecule has 1 aromatic carbocycles. The van der Waals surface area contributed by atoms with Crippen LogP contribution in [0.2, 0.25) is 0 Å². The minimum Gasteiger partial charge on any atom is -0.370 e. The second-order valence-electron chi connectivity index (χ2n) is 4.92. The maximum absolute atomic E-state index is 5.84. The summed E-state index contributed by atoms with van der Waals surface area (Å²) in [6, 6.07) is 8.32. The average molecular weight is 350 g/mol. The topological polar surface area (TPSA) is 68.2 Å². The predicted molar refractivity (Wildman–Crippen MR) is 89.5 cm³/mol. The van der Waals surface area contributed by atoms with Gasteiger partial charge in [-0.1, -0.05) is 22.9 Å². The number of nitrogens with zero attached hydrogens (tertiary/aromatic N) is 3. The highest BCUT2D eigenvalue weighted by Crippen LogP contribution is 2.14. The van der Waals surface area contributed by atoms with Crippen molar-refractivity contribution in [2.45, 2.75) is 32.9 Å². The summed E-state index contributed by atoms with van der Waals surface area (Å²) >= 11 is 3.42. The van der Waals surface area contributed by atoms with E-state index in [1.54, 1.807) is 0 Å². The van der Waals surface area contributed by atoms with Crippen molar-refractivity contribution >= 4 is 21.9 Å². The van der Waals surface area contributed by atoms with Gasteiger partial charge in [0.25, 0.3) is 0 Å². The molecule has 0 saturated heterocycles. The fourth-order valence-electron chi connectivity index (χ4n) is 1.75. The summed E-state index contributed by atoms with van der Waals surface area (Å²) < 4.78 is 2.88. The van der Waals surface area contributed by atoms with Crippen LogP contribution in [0.5, 0.6) is 0 Å². The third-order valence-corrected chi connectivity index (χ3v) is 3.69. The molecule has 0 fully saturated rings. The number of hydrogen-bond acceptors (Lipinski definition) is 2. The van der Waals surface area contributed by atoms with E-state index in [9.17, 15) is 0 Å². The second-order valence-corrected chi connectivity index (χ2v) is 5.84. The van der Waals surface area contributed by atoms with Crippen LogP contribution in [0, 0.1) is 0 Å². The summed E-state index contributed by atoms with van der Waals surface area (Å²) in [4.78, 5) is 4.33. The highest BCUT2D eigenvalue weighted by atomic mass is 79.9. The van der Waals surface area contributed by atoms with E-state index in [1.165, 1.54) is 0 Å². The fourth-order valence-corrected chi connectivity index (χ4v) is 2.02. The van der Waals surface area contributed by atoms with Crippen molar-refractivity contribution < 1.29 is 0 Å². The zero-order valence-corrected chi connectivity index (χ0v) is 13.8. The van der Waals surface area contributed by atoms with Gasteiger partial charge in [-0.2, -0.15) is 5.10 Å². The van der Waals surface area contributed by atoms with Crippen molar-refractivity contribution in [3.8, 4) is 5.69 Å². The number of aromatic nitrogens is 2. The molecule has 5 nitrogen and oxygen atoms in total. The molecule has 0 aliphatic carbocycles. The molecule has 112 valence electrons. The van der Waals surface area contributed by atoms with Crippen LogP contribution in [-0.4, -0.2) is 21.8 Å². The lowest BCUT2D eigenvalue weighted by Gasteiger charge is -2.11. The van der Waals surface area contributed by atoms with Gasteiger partial charge in [-0.05, 0) is 37.6 Å². The van der Waals surface area contributed by atoms with Crippen molar-refractivity contribution in [1.82, 2.24) is 15.1 Å². The molecule has 6 heteroatoms. The molecule has 1 heterocycles. The number of rotatable bonds is 5. The molecular weight excluding hydrogens is 330 g/mol. The first kappa shape index (κ1) is 15.6. The van der Waals surface area contributed by atoms with Gasteiger partial charge in [0.2, 0.25) is 0 Å². The number of benzene rings is 1. The molecule has 1 atom stereocenters. The lowest BCUT2D eigenvalue weighted by molar-refractivity contribution is 0.636. The number of aliphatic imine (C=N–C) groups is 1. The molecule has 0 saturated carbocycles. The van der Waals surface area contributed by atoms with E-state index >= 15 is 0 Å². The largest absolute Gasteiger partial charge is 0.370 e. The second kappa shape index (κ2) is 7.26. The lowest BCUT2D eigenvalue weighted by atomic mass is 10.3. The van der Waals surface area contributed by atoms with Crippen molar-refractivity contribution in [3.05, 3.63) is 46.7 Å². The number of nitrogens with two attached hydrogens (primary N) is 1. The Bertz CT molecular complexity index is 603. The first-order chi connectivity index (χ1) is 10.1. The molecule has 0 aliphatic heterocycles. The smallest absolute Gasteiger partial charge is 0.189 e. The minimum absolute atomic E-state index is 0.333. The Morgan fingerprint density at radius 2 is 2.14 bits per heavy atom. The van der Waals surface area contributed by atoms with Gasteiger partial charge in [0.1, 0.15) is 0 Å². The van der Waals surface area contributed by atoms with Gasteiger partial charge in [-0.3, -0.25) is 0 Å². The lowest BCUT2D eigenvalue weighted by Crippen LogP contribution is -2.38. The average Bonchev–Trinajstić information content (AvgIpc) is 2.94. The van der Waals surface area contributed by atoms with E-state index in [1.807, 2.05) is 41.3 Å². The maximum atomic E-state index is 5.84. The summed E-state index contributed by atoms with van der Waals surface area (Å²) in [6.45, 7) is 4.70. The Morgan fingerprint density at radius 3 is 2.81 bits per heavy atom. The molecule has 1 unspecified atom stereocenters. The van der Waals surface area contributed by atoms with Crippen molar-refractivity contribution in [1.29, 1.82) is 0 Å². The van der Waals surface area contributed by atoms with Crippen molar-refractivity contribution in [2.24, 2.45) is 10.7 Å². The van der Waals surface area contributed by atoms with Gasteiger partial charge >= 0.3 is 0 Å². The Kier molecular flexibility index (Phi) is 5.38. The minimum atomic E-state index is 0.333. The first-order valence-electron chi connectivity index (χ1n) is 6.94. The molecule has 0 bridgehead atoms. The Hall–Kier alpha value is -1.82. The highest BCUT2D eigenvalue weighted by molar-refractivity contribution is 9.10. The molecule has 21 heavy (non-hydrogen) atoms. The summed E-state index contributed by atoms with van der Waals surface area (Å²) in [7, 11) is 0. The molecule has 3 N–H and O–H groups in total. The van der Waals surface area contributed by atoms with Gasteiger partial charge in [-0.25, -0.2) is 9.67 Å². The van der Waals surface area contributed by atoms with Crippen LogP contribution in [0.3, 0.4) is 0 Å². The monoisotopic (exact) mass is 349 g/mol. The van der Waals surface area contributed by atoms with Crippen LogP contribution in [0.1, 0.15) is 25.8 Å². The summed E-state index contributed by atoms with van der Waals surface area (Å²) in [5.41, 5.74) is 7.87. The Balaban J connectivity index is 2.00. The molecule has 1 aromatic heterocycles. The van der Waals surface area contributed by atoms with E-state index in [2.05, 4.69) is 45.2 Å². The van der Waals surface area contributed by atoms with Gasteiger partial charge < -0.3 is 11.1 Å². The van der Waals surface area contributed by atoms with E-state index < -0.39 is 0 Å². The third-order valence-electron chi connectivity index (χ3n) is 3.17. The normalized spacial score (nSPS) is 13.2. The van der Waals surface area contributed by atoms with Gasteiger partial charge in [0.15, 0.2) is 5.96 Å². The molecule has 0 spiro atoms. The number of guanidine groups is 1. The van der Waals surface area contributed by atoms with Crippen molar-refractivity contribution in [2.75, 3.05) is 0 Å². The summed E-state index contributed by atoms with van der Waals surface area (Å²) in [5.74, 6) is 0.473. The van der Waals surface area contributed by atoms with Crippen LogP contribution >= 0.6 is 15.9 Å². The highest BCUT2D eigenvalue weighted by Gasteiger charge is 2.02. The summed E-state index contributed by atoms with van der Waals surface area (Å²) in [6.07, 6.45) is 4.78. The van der Waals surface area contributed by atoms with Crippen LogP contribution in [-0.2, 0) is 6.54 Å². The van der Waals surface area contributed by atoms with E-state index in [0.29, 0.717) is 18.5 Å². The van der Waals surface area contributed by atoms with E-state index in [-0.39, 0.29) is 0 Å². The zero-order chi connectivity index (χ0) is 15.2. The van der Waals surface area contributed by atoms with E-state index in [4.69, 9.17) is 5.73 Å². The van der Waals surface area contributed by atoms with Crippen LogP contribution in [0.4, 0.5) is 0 Å². The van der Waals surface area contributed by atoms with Crippen LogP contribution < -0.4 is 11.1 Å². The maximum Gasteiger partial charge on any atom is 0.189 e. The van der Waals surface area contributed by atoms with Gasteiger partial charge in [0, 0.05) is 22.3 Å². The number of halogens is 1. The van der Waals surface area contributed by atoms with Crippen LogP contribution in [0.25, 0.3) is 5.69 Å². The molecule has 0 radical (unpaired) electrons. The Morgan fingerprint density at radius 1 is 1.43 bits per heavy atom. The first-order valence-corrected chi connectivity index (χ1v) is 7.73. The standard InChI is InChI=1S/C15H20BrN5/c1-3-11(2)20-15(17)18-8-12-9-19-21(10-12)14-6-4-13(16)5-7-14/h4-7,9-11H,3,8H2,1-2H3,(H3,17,18,20). The van der Waals surface area contributed by atoms with Crippen LogP contribution in [0.15, 0.2) is 46.1 Å². The third kappa shape index (κ3) is 4.60. The molecule has 0 aliphatic rings. The summed E-state index contributed by atoms with van der Waals surface area (Å²) in [5, 5.41) is 7.48. The predicted octanol–water partition coefficient (Wildman–Crippen LogP) is 2.84. The van der Waals surface area contributed by atoms with Gasteiger partial charge in [-0.15, -0.1) is 0 Å². The number of nitrogens with one attached hydrogen (secondary N) is 1. The zero-order valence-electron chi connectivity index (χ0n) is 12.3. The van der Waals surface area contributed by atoms with E-state index in [0.717, 1.165) is 22.1 Å². The SMILES string of the molecule is CCC(C)NC(N)=NCc1cnn(-c2ccc(Br)cc2)c1. The molecule has 0 amide bonds. The quantitative estimate of drug-likeness (QED) is 0.644. The van der Waals surface area contributed by atoms with Crippen molar-refractivity contribution in [3.63, 3.8) is 0 Å². The van der Waals surface area contributed by atoms with Gasteiger partial charge in [0.05, 0.1) is 18.4 Å². The Labute approximate surface area is 133 Å². The molecular formula is C15H20BrN5.